The van der Waals surface area contributed by atoms with Gasteiger partial charge in [-0.05, 0) is 76.8 Å². The third kappa shape index (κ3) is 4.44. The fraction of sp³-hybridized carbons (Fsp3) is 0.296. The molecular formula is C27H26Cl2N2O. The van der Waals surface area contributed by atoms with Crippen molar-refractivity contribution in [1.82, 2.24) is 0 Å². The number of hydrogen-bond donors (Lipinski definition) is 1. The highest BCUT2D eigenvalue weighted by Gasteiger charge is 2.41. The normalized spacial score (nSPS) is 22.4. The Morgan fingerprint density at radius 3 is 2.16 bits per heavy atom. The summed E-state index contributed by atoms with van der Waals surface area (Å²) in [6, 6.07) is 17.7. The lowest BCUT2D eigenvalue weighted by Gasteiger charge is -2.41. The number of nitriles is 1. The van der Waals surface area contributed by atoms with Crippen LogP contribution in [0.4, 0.5) is 0 Å². The van der Waals surface area contributed by atoms with Crippen LogP contribution < -0.4 is 5.73 Å². The van der Waals surface area contributed by atoms with E-state index in [0.717, 1.165) is 40.9 Å². The molecule has 0 amide bonds. The van der Waals surface area contributed by atoms with E-state index in [4.69, 9.17) is 33.7 Å². The van der Waals surface area contributed by atoms with E-state index in [1.165, 1.54) is 0 Å². The van der Waals surface area contributed by atoms with Gasteiger partial charge in [-0.2, -0.15) is 5.26 Å². The molecule has 1 aliphatic carbocycles. The first-order valence-corrected chi connectivity index (χ1v) is 11.5. The van der Waals surface area contributed by atoms with Gasteiger partial charge in [0.25, 0.3) is 0 Å². The molecular weight excluding hydrogens is 439 g/mol. The van der Waals surface area contributed by atoms with Gasteiger partial charge in [0.1, 0.15) is 17.4 Å². The molecule has 0 fully saturated rings. The zero-order chi connectivity index (χ0) is 23.0. The maximum atomic E-state index is 9.95. The SMILES string of the molecule is CC(C)(C)C1CC(=Cc2ccc(Cl)cc2)C2=C(C1)C(c1ccc(Cl)cc1)C(C#N)=C(N)O2. The molecule has 164 valence electrons. The molecule has 4 rings (SSSR count). The summed E-state index contributed by atoms with van der Waals surface area (Å²) in [4.78, 5) is 0. The van der Waals surface area contributed by atoms with Gasteiger partial charge in [0.2, 0.25) is 5.88 Å². The van der Waals surface area contributed by atoms with Crippen LogP contribution in [0, 0.1) is 22.7 Å². The molecule has 0 spiro atoms. The van der Waals surface area contributed by atoms with Gasteiger partial charge < -0.3 is 10.5 Å². The molecule has 0 radical (unpaired) electrons. The van der Waals surface area contributed by atoms with E-state index in [1.54, 1.807) is 0 Å². The van der Waals surface area contributed by atoms with Gasteiger partial charge in [0.15, 0.2) is 0 Å². The second kappa shape index (κ2) is 8.70. The van der Waals surface area contributed by atoms with Crippen LogP contribution in [0.25, 0.3) is 6.08 Å². The van der Waals surface area contributed by atoms with Gasteiger partial charge in [0.05, 0.1) is 0 Å². The van der Waals surface area contributed by atoms with Crippen LogP contribution in [-0.4, -0.2) is 0 Å². The molecule has 2 aliphatic rings. The Labute approximate surface area is 199 Å². The molecule has 2 atom stereocenters. The average Bonchev–Trinajstić information content (AvgIpc) is 2.74. The highest BCUT2D eigenvalue weighted by molar-refractivity contribution is 6.30. The fourth-order valence-electron chi connectivity index (χ4n) is 4.50. The largest absolute Gasteiger partial charge is 0.440 e. The first-order valence-electron chi connectivity index (χ1n) is 10.7. The molecule has 2 aromatic rings. The van der Waals surface area contributed by atoms with E-state index in [1.807, 2.05) is 48.5 Å². The van der Waals surface area contributed by atoms with Gasteiger partial charge in [-0.1, -0.05) is 68.2 Å². The number of halogens is 2. The zero-order valence-corrected chi connectivity index (χ0v) is 20.0. The zero-order valence-electron chi connectivity index (χ0n) is 18.5. The summed E-state index contributed by atoms with van der Waals surface area (Å²) >= 11 is 12.2. The number of nitrogens with zero attached hydrogens (tertiary/aromatic N) is 1. The maximum Gasteiger partial charge on any atom is 0.205 e. The number of rotatable bonds is 2. The minimum Gasteiger partial charge on any atom is -0.440 e. The van der Waals surface area contributed by atoms with E-state index in [9.17, 15) is 5.26 Å². The molecule has 0 bridgehead atoms. The second-order valence-electron chi connectivity index (χ2n) is 9.52. The van der Waals surface area contributed by atoms with Crippen molar-refractivity contribution < 1.29 is 4.74 Å². The smallest absolute Gasteiger partial charge is 0.205 e. The van der Waals surface area contributed by atoms with Gasteiger partial charge in [-0.15, -0.1) is 0 Å². The van der Waals surface area contributed by atoms with Gasteiger partial charge in [0, 0.05) is 16.0 Å². The molecule has 0 saturated carbocycles. The molecule has 2 unspecified atom stereocenters. The standard InChI is InChI=1S/C27H26Cl2N2O/c1-27(2,3)19-13-18(12-16-4-8-20(28)9-5-16)25-22(14-19)24(23(15-30)26(31)32-25)17-6-10-21(29)11-7-17/h4-12,19,24H,13-14,31H2,1-3H3. The monoisotopic (exact) mass is 464 g/mol. The van der Waals surface area contributed by atoms with Crippen molar-refractivity contribution in [3.8, 4) is 6.07 Å². The number of ether oxygens (including phenoxy) is 1. The van der Waals surface area contributed by atoms with E-state index >= 15 is 0 Å². The van der Waals surface area contributed by atoms with Crippen molar-refractivity contribution in [2.75, 3.05) is 0 Å². The molecule has 1 aliphatic heterocycles. The minimum absolute atomic E-state index is 0.0850. The average molecular weight is 465 g/mol. The number of hydrogen-bond acceptors (Lipinski definition) is 3. The Kier molecular flexibility index (Phi) is 6.12. The molecule has 32 heavy (non-hydrogen) atoms. The molecule has 3 nitrogen and oxygen atoms in total. The Morgan fingerprint density at radius 2 is 1.59 bits per heavy atom. The summed E-state index contributed by atoms with van der Waals surface area (Å²) in [7, 11) is 0. The van der Waals surface area contributed by atoms with Crippen LogP contribution >= 0.6 is 23.2 Å². The van der Waals surface area contributed by atoms with Crippen molar-refractivity contribution >= 4 is 29.3 Å². The summed E-state index contributed by atoms with van der Waals surface area (Å²) < 4.78 is 6.13. The summed E-state index contributed by atoms with van der Waals surface area (Å²) in [6.07, 6.45) is 3.85. The molecule has 5 heteroatoms. The lowest BCUT2D eigenvalue weighted by Crippen LogP contribution is -2.31. The van der Waals surface area contributed by atoms with Crippen LogP contribution in [-0.2, 0) is 4.74 Å². The quantitative estimate of drug-likeness (QED) is 0.497. The summed E-state index contributed by atoms with van der Waals surface area (Å²) in [5, 5.41) is 11.3. The summed E-state index contributed by atoms with van der Waals surface area (Å²) in [5.74, 6) is 1.09. The Bertz CT molecular complexity index is 1160. The van der Waals surface area contributed by atoms with Crippen LogP contribution in [0.3, 0.4) is 0 Å². The van der Waals surface area contributed by atoms with E-state index in [-0.39, 0.29) is 17.2 Å². The van der Waals surface area contributed by atoms with Crippen molar-refractivity contribution in [2.24, 2.45) is 17.1 Å². The summed E-state index contributed by atoms with van der Waals surface area (Å²) in [5.41, 5.74) is 11.0. The molecule has 1 heterocycles. The lowest BCUT2D eigenvalue weighted by atomic mass is 9.66. The van der Waals surface area contributed by atoms with Crippen molar-refractivity contribution in [1.29, 1.82) is 5.26 Å². The van der Waals surface area contributed by atoms with Crippen LogP contribution in [0.1, 0.15) is 50.7 Å². The maximum absolute atomic E-state index is 9.95. The van der Waals surface area contributed by atoms with Crippen molar-refractivity contribution in [3.05, 3.63) is 98.1 Å². The Balaban J connectivity index is 1.89. The molecule has 0 saturated heterocycles. The highest BCUT2D eigenvalue weighted by atomic mass is 35.5. The third-order valence-corrected chi connectivity index (χ3v) is 6.89. The number of benzene rings is 2. The second-order valence-corrected chi connectivity index (χ2v) is 10.4. The van der Waals surface area contributed by atoms with Crippen LogP contribution in [0.2, 0.25) is 10.0 Å². The Hall–Kier alpha value is -2.67. The summed E-state index contributed by atoms with van der Waals surface area (Å²) in [6.45, 7) is 6.79. The minimum atomic E-state index is -0.250. The number of allylic oxidation sites excluding steroid dienone is 3. The van der Waals surface area contributed by atoms with Gasteiger partial charge in [-0.25, -0.2) is 0 Å². The van der Waals surface area contributed by atoms with Crippen LogP contribution in [0.15, 0.2) is 76.9 Å². The number of nitrogens with two attached hydrogens (primary N) is 1. The van der Waals surface area contributed by atoms with Gasteiger partial charge >= 0.3 is 0 Å². The topological polar surface area (TPSA) is 59.0 Å². The Morgan fingerprint density at radius 1 is 1.00 bits per heavy atom. The predicted molar refractivity (Wildman–Crippen MR) is 131 cm³/mol. The molecule has 0 aromatic heterocycles. The first-order chi connectivity index (χ1) is 15.2. The lowest BCUT2D eigenvalue weighted by molar-refractivity contribution is 0.200. The van der Waals surface area contributed by atoms with E-state index in [2.05, 4.69) is 32.9 Å². The van der Waals surface area contributed by atoms with Crippen molar-refractivity contribution in [3.63, 3.8) is 0 Å². The van der Waals surface area contributed by atoms with Crippen molar-refractivity contribution in [2.45, 2.75) is 39.5 Å². The molecule has 2 N–H and O–H groups in total. The third-order valence-electron chi connectivity index (χ3n) is 6.39. The first kappa shape index (κ1) is 22.5. The predicted octanol–water partition coefficient (Wildman–Crippen LogP) is 7.59. The highest BCUT2D eigenvalue weighted by Crippen LogP contribution is 2.51. The van der Waals surface area contributed by atoms with E-state index < -0.39 is 0 Å². The van der Waals surface area contributed by atoms with Gasteiger partial charge in [-0.3, -0.25) is 0 Å². The van der Waals surface area contributed by atoms with E-state index in [0.29, 0.717) is 21.5 Å². The fourth-order valence-corrected chi connectivity index (χ4v) is 4.75. The molecule has 2 aromatic carbocycles. The van der Waals surface area contributed by atoms with Crippen LogP contribution in [0.5, 0.6) is 0 Å².